The second-order valence-corrected chi connectivity index (χ2v) is 9.78. The number of ether oxygens (including phenoxy) is 1. The summed E-state index contributed by atoms with van der Waals surface area (Å²) < 4.78 is 5.52. The zero-order chi connectivity index (χ0) is 23.7. The number of carbonyl (C=O) groups excluding carboxylic acids is 2. The van der Waals surface area contributed by atoms with Crippen LogP contribution in [0.25, 0.3) is 11.1 Å². The second-order valence-electron chi connectivity index (χ2n) is 9.78. The fraction of sp³-hybridized carbons (Fsp3) is 0.444. The largest absolute Gasteiger partial charge is 0.481 e. The minimum Gasteiger partial charge on any atom is -0.481 e. The fourth-order valence-electron chi connectivity index (χ4n) is 5.82. The average molecular weight is 463 g/mol. The van der Waals surface area contributed by atoms with Crippen molar-refractivity contribution < 1.29 is 24.2 Å². The highest BCUT2D eigenvalue weighted by atomic mass is 16.5. The molecule has 178 valence electrons. The number of aliphatic carboxylic acids is 1. The molecule has 0 heterocycles. The van der Waals surface area contributed by atoms with Crippen molar-refractivity contribution in [3.8, 4) is 11.1 Å². The van der Waals surface area contributed by atoms with Crippen LogP contribution in [-0.2, 0) is 14.3 Å². The Balaban J connectivity index is 0.994. The van der Waals surface area contributed by atoms with Crippen LogP contribution in [0.2, 0.25) is 0 Å². The average Bonchev–Trinajstić information content (AvgIpc) is 3.26. The molecule has 3 N–H and O–H groups in total. The Bertz CT molecular complexity index is 1070. The molecule has 2 amide bonds. The van der Waals surface area contributed by atoms with E-state index in [9.17, 15) is 19.5 Å². The van der Waals surface area contributed by atoms with Gasteiger partial charge in [-0.1, -0.05) is 48.5 Å². The Morgan fingerprint density at radius 1 is 0.971 bits per heavy atom. The first kappa shape index (κ1) is 22.4. The van der Waals surface area contributed by atoms with Crippen molar-refractivity contribution in [3.05, 3.63) is 59.7 Å². The summed E-state index contributed by atoms with van der Waals surface area (Å²) >= 11 is 0. The zero-order valence-electron chi connectivity index (χ0n) is 19.1. The maximum Gasteiger partial charge on any atom is 0.407 e. The van der Waals surface area contributed by atoms with E-state index >= 15 is 0 Å². The molecular weight excluding hydrogens is 432 g/mol. The van der Waals surface area contributed by atoms with Crippen molar-refractivity contribution in [1.29, 1.82) is 0 Å². The van der Waals surface area contributed by atoms with Crippen LogP contribution in [0, 0.1) is 11.3 Å². The quantitative estimate of drug-likeness (QED) is 0.488. The van der Waals surface area contributed by atoms with Crippen molar-refractivity contribution in [2.45, 2.75) is 50.5 Å². The lowest BCUT2D eigenvalue weighted by molar-refractivity contribution is -0.143. The summed E-state index contributed by atoms with van der Waals surface area (Å²) in [7, 11) is 0. The molecule has 2 saturated carbocycles. The van der Waals surface area contributed by atoms with Crippen molar-refractivity contribution in [2.24, 2.45) is 11.3 Å². The number of unbranched alkanes of at least 4 members (excludes halogenated alkanes) is 1. The lowest BCUT2D eigenvalue weighted by Crippen LogP contribution is -2.35. The lowest BCUT2D eigenvalue weighted by atomic mass is 9.98. The van der Waals surface area contributed by atoms with Gasteiger partial charge in [0.1, 0.15) is 6.61 Å². The summed E-state index contributed by atoms with van der Waals surface area (Å²) in [4.78, 5) is 35.8. The number of fused-ring (bicyclic) bond motifs is 4. The Labute approximate surface area is 198 Å². The Morgan fingerprint density at radius 2 is 1.65 bits per heavy atom. The first-order chi connectivity index (χ1) is 16.5. The van der Waals surface area contributed by atoms with E-state index in [1.807, 2.05) is 24.3 Å². The number of rotatable bonds is 9. The van der Waals surface area contributed by atoms with Crippen molar-refractivity contribution in [3.63, 3.8) is 0 Å². The summed E-state index contributed by atoms with van der Waals surface area (Å²) in [5, 5.41) is 15.1. The van der Waals surface area contributed by atoms with Gasteiger partial charge in [-0.2, -0.15) is 0 Å². The molecule has 0 bridgehead atoms. The van der Waals surface area contributed by atoms with Gasteiger partial charge in [0.05, 0.1) is 5.41 Å². The molecule has 34 heavy (non-hydrogen) atoms. The predicted octanol–water partition coefficient (Wildman–Crippen LogP) is 4.06. The number of nitrogens with one attached hydrogen (secondary N) is 2. The molecule has 0 aliphatic heterocycles. The molecule has 2 fully saturated rings. The molecule has 7 nitrogen and oxygen atoms in total. The number of carboxylic acids is 1. The lowest BCUT2D eigenvalue weighted by Gasteiger charge is -2.16. The van der Waals surface area contributed by atoms with Crippen LogP contribution in [-0.4, -0.2) is 42.3 Å². The third-order valence-corrected chi connectivity index (χ3v) is 7.65. The van der Waals surface area contributed by atoms with Gasteiger partial charge in [0.15, 0.2) is 0 Å². The maximum atomic E-state index is 12.2. The first-order valence-electron chi connectivity index (χ1n) is 12.1. The van der Waals surface area contributed by atoms with Gasteiger partial charge < -0.3 is 20.5 Å². The topological polar surface area (TPSA) is 105 Å². The number of carboxylic acid groups (broad SMARTS) is 1. The molecule has 2 aromatic carbocycles. The van der Waals surface area contributed by atoms with Crippen LogP contribution in [0.1, 0.15) is 55.6 Å². The third-order valence-electron chi connectivity index (χ3n) is 7.65. The van der Waals surface area contributed by atoms with Gasteiger partial charge in [-0.05, 0) is 60.3 Å². The monoisotopic (exact) mass is 462 g/mol. The van der Waals surface area contributed by atoms with Gasteiger partial charge in [-0.15, -0.1) is 0 Å². The summed E-state index contributed by atoms with van der Waals surface area (Å²) in [6.07, 6.45) is 3.29. The number of carbonyl (C=O) groups is 3. The highest BCUT2D eigenvalue weighted by Crippen LogP contribution is 2.63. The van der Waals surface area contributed by atoms with E-state index in [4.69, 9.17) is 4.74 Å². The number of hydrogen-bond donors (Lipinski definition) is 3. The number of benzene rings is 2. The smallest absolute Gasteiger partial charge is 0.407 e. The third kappa shape index (κ3) is 4.27. The summed E-state index contributed by atoms with van der Waals surface area (Å²) in [5.41, 5.74) is 4.16. The normalized spacial score (nSPS) is 24.0. The Kier molecular flexibility index (Phi) is 6.02. The fourth-order valence-corrected chi connectivity index (χ4v) is 5.82. The van der Waals surface area contributed by atoms with Gasteiger partial charge in [0.2, 0.25) is 5.91 Å². The summed E-state index contributed by atoms with van der Waals surface area (Å²) in [5.74, 6) is -0.526. The van der Waals surface area contributed by atoms with Gasteiger partial charge in [-0.25, -0.2) is 4.79 Å². The standard InChI is InChI=1S/C27H30N2O5/c30-24(29-18-13-17-14-27(17,15-18)25(31)32)11-5-6-12-28-26(33)34-16-23-21-9-3-1-7-19(21)20-8-2-4-10-22(20)23/h1-4,7-10,17-18,23H,5-6,11-16H2,(H,28,33)(H,29,30)(H,31,32)/t17-,18+,27+/m0/s1. The molecule has 0 spiro atoms. The van der Waals surface area contributed by atoms with E-state index in [1.54, 1.807) is 0 Å². The first-order valence-corrected chi connectivity index (χ1v) is 12.1. The van der Waals surface area contributed by atoms with Crippen LogP contribution in [0.15, 0.2) is 48.5 Å². The van der Waals surface area contributed by atoms with E-state index in [0.717, 1.165) is 12.8 Å². The van der Waals surface area contributed by atoms with Gasteiger partial charge in [0.25, 0.3) is 0 Å². The molecule has 0 radical (unpaired) electrons. The molecule has 3 atom stereocenters. The molecule has 0 saturated heterocycles. The van der Waals surface area contributed by atoms with Crippen molar-refractivity contribution in [2.75, 3.05) is 13.2 Å². The molecule has 0 unspecified atom stereocenters. The molecule has 7 heteroatoms. The maximum absolute atomic E-state index is 12.2. The van der Waals surface area contributed by atoms with Gasteiger partial charge in [-0.3, -0.25) is 9.59 Å². The highest BCUT2D eigenvalue weighted by molar-refractivity contribution is 5.81. The predicted molar refractivity (Wildman–Crippen MR) is 126 cm³/mol. The number of hydrogen-bond acceptors (Lipinski definition) is 4. The van der Waals surface area contributed by atoms with E-state index < -0.39 is 17.5 Å². The van der Waals surface area contributed by atoms with Crippen LogP contribution < -0.4 is 10.6 Å². The van der Waals surface area contributed by atoms with Crippen molar-refractivity contribution >= 4 is 18.0 Å². The highest BCUT2D eigenvalue weighted by Gasteiger charge is 2.65. The minimum atomic E-state index is -0.728. The van der Waals surface area contributed by atoms with Crippen molar-refractivity contribution in [1.82, 2.24) is 10.6 Å². The molecule has 3 aliphatic rings. The second kappa shape index (κ2) is 9.12. The van der Waals surface area contributed by atoms with Gasteiger partial charge in [0, 0.05) is 24.9 Å². The molecule has 5 rings (SSSR count). The SMILES string of the molecule is O=C(CCCCNC(=O)OCC1c2ccccc2-c2ccccc21)N[C@@H]1C[C@H]2C[C@@]2(C(=O)O)C1. The van der Waals surface area contributed by atoms with Crippen LogP contribution >= 0.6 is 0 Å². The van der Waals surface area contributed by atoms with Gasteiger partial charge >= 0.3 is 12.1 Å². The summed E-state index contributed by atoms with van der Waals surface area (Å²) in [6.45, 7) is 0.722. The van der Waals surface area contributed by atoms with E-state index in [2.05, 4.69) is 34.9 Å². The summed E-state index contributed by atoms with van der Waals surface area (Å²) in [6, 6.07) is 16.4. The Hall–Kier alpha value is -3.35. The van der Waals surface area contributed by atoms with E-state index in [-0.39, 0.29) is 30.4 Å². The minimum absolute atomic E-state index is 0.0266. The number of amides is 2. The molecular formula is C27H30N2O5. The van der Waals surface area contributed by atoms with Crippen LogP contribution in [0.4, 0.5) is 4.79 Å². The number of alkyl carbamates (subject to hydrolysis) is 1. The zero-order valence-corrected chi connectivity index (χ0v) is 19.1. The Morgan fingerprint density at radius 3 is 2.29 bits per heavy atom. The van der Waals surface area contributed by atoms with E-state index in [1.165, 1.54) is 22.3 Å². The molecule has 3 aliphatic carbocycles. The van der Waals surface area contributed by atoms with Crippen LogP contribution in [0.5, 0.6) is 0 Å². The van der Waals surface area contributed by atoms with E-state index in [0.29, 0.717) is 32.2 Å². The molecule has 0 aromatic heterocycles. The molecule has 2 aromatic rings. The van der Waals surface area contributed by atoms with Crippen LogP contribution in [0.3, 0.4) is 0 Å².